The highest BCUT2D eigenvalue weighted by Crippen LogP contribution is 2.31. The molecule has 0 fully saturated rings. The first-order valence-corrected chi connectivity index (χ1v) is 12.1. The fourth-order valence-corrected chi connectivity index (χ4v) is 4.46. The molecule has 0 aliphatic carbocycles. The van der Waals surface area contributed by atoms with Crippen molar-refractivity contribution >= 4 is 38.9 Å². The summed E-state index contributed by atoms with van der Waals surface area (Å²) in [5, 5.41) is 13.1. The Bertz CT molecular complexity index is 1350. The van der Waals surface area contributed by atoms with Crippen molar-refractivity contribution < 1.29 is 41.0 Å². The van der Waals surface area contributed by atoms with Gasteiger partial charge in [-0.25, -0.2) is 8.42 Å². The van der Waals surface area contributed by atoms with Gasteiger partial charge in [0, 0.05) is 22.8 Å². The van der Waals surface area contributed by atoms with Gasteiger partial charge in [0.25, 0.3) is 15.9 Å². The van der Waals surface area contributed by atoms with Crippen LogP contribution in [0.25, 0.3) is 0 Å². The molecular weight excluding hydrogens is 525 g/mol. The maximum absolute atomic E-state index is 13.0. The van der Waals surface area contributed by atoms with Crippen LogP contribution in [-0.2, 0) is 14.8 Å². The van der Waals surface area contributed by atoms with Gasteiger partial charge in [0.2, 0.25) is 0 Å². The lowest BCUT2D eigenvalue weighted by atomic mass is 10.1. The predicted molar refractivity (Wildman–Crippen MR) is 127 cm³/mol. The van der Waals surface area contributed by atoms with E-state index in [4.69, 9.17) is 16.3 Å². The van der Waals surface area contributed by atoms with Gasteiger partial charge in [-0.05, 0) is 48.9 Å². The Morgan fingerprint density at radius 3 is 2.44 bits per heavy atom. The number of nitrogens with one attached hydrogen (secondary N) is 2. The highest BCUT2D eigenvalue weighted by atomic mass is 35.5. The van der Waals surface area contributed by atoms with Crippen LogP contribution in [0, 0.1) is 0 Å². The third-order valence-corrected chi connectivity index (χ3v) is 6.19. The normalized spacial score (nSPS) is 12.5. The lowest BCUT2D eigenvalue weighted by molar-refractivity contribution is -0.274. The van der Waals surface area contributed by atoms with Crippen LogP contribution in [0.3, 0.4) is 0 Å². The molecule has 0 spiro atoms. The summed E-state index contributed by atoms with van der Waals surface area (Å²) in [4.78, 5) is 12.1. The largest absolute Gasteiger partial charge is 0.573 e. The maximum Gasteiger partial charge on any atom is 0.573 e. The van der Waals surface area contributed by atoms with Crippen molar-refractivity contribution in [3.8, 4) is 11.5 Å². The van der Waals surface area contributed by atoms with E-state index in [2.05, 4.69) is 14.8 Å². The van der Waals surface area contributed by atoms with Crippen molar-refractivity contribution in [3.63, 3.8) is 0 Å². The summed E-state index contributed by atoms with van der Waals surface area (Å²) in [6.45, 7) is 1.68. The standard InChI is InChI=1S/C23H20ClF3N2O6S/c1-2-34-19-13-16(28-22(31)21(30)14-5-3-6-15(24)11-14)9-10-20(19)36(32,33)29-17-7-4-8-18(12-17)35-23(25,26)27/h3-13,21,29-30H,2H2,1H3,(H,28,31). The SMILES string of the molecule is CCOc1cc(NC(=O)C(O)c2cccc(Cl)c2)ccc1S(=O)(=O)Nc1cccc(OC(F)(F)F)c1. The molecule has 0 saturated heterocycles. The molecule has 0 bridgehead atoms. The van der Waals surface area contributed by atoms with Crippen molar-refractivity contribution in [1.82, 2.24) is 0 Å². The highest BCUT2D eigenvalue weighted by molar-refractivity contribution is 7.92. The van der Waals surface area contributed by atoms with Gasteiger partial charge in [0.1, 0.15) is 16.4 Å². The zero-order chi connectivity index (χ0) is 26.5. The molecule has 36 heavy (non-hydrogen) atoms. The molecule has 0 saturated carbocycles. The van der Waals surface area contributed by atoms with Gasteiger partial charge in [-0.1, -0.05) is 29.8 Å². The summed E-state index contributed by atoms with van der Waals surface area (Å²) in [5.74, 6) is -1.54. The molecule has 0 heterocycles. The number of sulfonamides is 1. The van der Waals surface area contributed by atoms with Gasteiger partial charge in [-0.3, -0.25) is 9.52 Å². The number of ether oxygens (including phenoxy) is 2. The molecule has 3 N–H and O–H groups in total. The average molecular weight is 545 g/mol. The van der Waals surface area contributed by atoms with Crippen molar-refractivity contribution in [2.45, 2.75) is 24.3 Å². The van der Waals surface area contributed by atoms with E-state index in [1.165, 1.54) is 36.4 Å². The summed E-state index contributed by atoms with van der Waals surface area (Å²) >= 11 is 5.89. The van der Waals surface area contributed by atoms with E-state index in [0.29, 0.717) is 5.02 Å². The molecule has 3 aromatic rings. The van der Waals surface area contributed by atoms with Gasteiger partial charge < -0.3 is 19.9 Å². The fraction of sp³-hybridized carbons (Fsp3) is 0.174. The molecule has 1 amide bonds. The molecule has 1 unspecified atom stereocenters. The Morgan fingerprint density at radius 2 is 1.78 bits per heavy atom. The number of benzene rings is 3. The molecule has 0 radical (unpaired) electrons. The number of amides is 1. The molecule has 3 rings (SSSR count). The quantitative estimate of drug-likeness (QED) is 0.345. The number of hydrogen-bond acceptors (Lipinski definition) is 6. The van der Waals surface area contributed by atoms with Crippen LogP contribution in [0.2, 0.25) is 5.02 Å². The Morgan fingerprint density at radius 1 is 1.06 bits per heavy atom. The van der Waals surface area contributed by atoms with Crippen LogP contribution < -0.4 is 19.5 Å². The van der Waals surface area contributed by atoms with Crippen LogP contribution in [0.5, 0.6) is 11.5 Å². The molecule has 0 aliphatic rings. The average Bonchev–Trinajstić information content (AvgIpc) is 2.77. The highest BCUT2D eigenvalue weighted by Gasteiger charge is 2.31. The van der Waals surface area contributed by atoms with Gasteiger partial charge in [0.05, 0.1) is 12.3 Å². The zero-order valence-electron chi connectivity index (χ0n) is 18.5. The van der Waals surface area contributed by atoms with Crippen molar-refractivity contribution in [1.29, 1.82) is 0 Å². The number of carbonyl (C=O) groups is 1. The third kappa shape index (κ3) is 7.26. The smallest absolute Gasteiger partial charge is 0.492 e. The van der Waals surface area contributed by atoms with Crippen LogP contribution in [0.4, 0.5) is 24.5 Å². The van der Waals surface area contributed by atoms with E-state index in [9.17, 15) is 31.5 Å². The monoisotopic (exact) mass is 544 g/mol. The minimum absolute atomic E-state index is 0.0694. The van der Waals surface area contributed by atoms with E-state index >= 15 is 0 Å². The van der Waals surface area contributed by atoms with Crippen molar-refractivity contribution in [3.05, 3.63) is 77.3 Å². The van der Waals surface area contributed by atoms with Gasteiger partial charge in [-0.2, -0.15) is 0 Å². The molecule has 0 aromatic heterocycles. The summed E-state index contributed by atoms with van der Waals surface area (Å²) in [7, 11) is -4.32. The number of carbonyl (C=O) groups excluding carboxylic acids is 1. The molecule has 8 nitrogen and oxygen atoms in total. The number of aliphatic hydroxyl groups excluding tert-OH is 1. The first-order valence-electron chi connectivity index (χ1n) is 10.3. The zero-order valence-corrected chi connectivity index (χ0v) is 20.1. The summed E-state index contributed by atoms with van der Waals surface area (Å²) in [5.41, 5.74) is 0.204. The topological polar surface area (TPSA) is 114 Å². The van der Waals surface area contributed by atoms with E-state index in [0.717, 1.165) is 18.2 Å². The number of hydrogen-bond donors (Lipinski definition) is 3. The Balaban J connectivity index is 1.83. The van der Waals surface area contributed by atoms with Crippen LogP contribution in [0.15, 0.2) is 71.6 Å². The molecule has 1 atom stereocenters. The van der Waals surface area contributed by atoms with Gasteiger partial charge in [-0.15, -0.1) is 13.2 Å². The molecule has 3 aromatic carbocycles. The lowest BCUT2D eigenvalue weighted by Gasteiger charge is -2.16. The maximum atomic E-state index is 13.0. The van der Waals surface area contributed by atoms with Gasteiger partial charge in [0.15, 0.2) is 6.10 Å². The number of anilines is 2. The molecule has 0 aliphatic heterocycles. The summed E-state index contributed by atoms with van der Waals surface area (Å²) < 4.78 is 74.7. The second-order valence-electron chi connectivity index (χ2n) is 7.22. The summed E-state index contributed by atoms with van der Waals surface area (Å²) in [6, 6.07) is 14.1. The van der Waals surface area contributed by atoms with Crippen LogP contribution in [-0.4, -0.2) is 32.4 Å². The van der Waals surface area contributed by atoms with Crippen LogP contribution >= 0.6 is 11.6 Å². The number of aliphatic hydroxyl groups is 1. The van der Waals surface area contributed by atoms with E-state index in [1.54, 1.807) is 19.1 Å². The number of rotatable bonds is 9. The molecule has 13 heteroatoms. The van der Waals surface area contributed by atoms with E-state index < -0.39 is 34.1 Å². The molecule has 192 valence electrons. The Hall–Kier alpha value is -3.48. The first-order chi connectivity index (χ1) is 16.9. The van der Waals surface area contributed by atoms with E-state index in [1.807, 2.05) is 0 Å². The Labute approximate surface area is 209 Å². The minimum Gasteiger partial charge on any atom is -0.492 e. The third-order valence-electron chi connectivity index (χ3n) is 4.53. The number of halogens is 4. The Kier molecular flexibility index (Phi) is 8.33. The second-order valence-corrected chi connectivity index (χ2v) is 9.31. The van der Waals surface area contributed by atoms with Crippen molar-refractivity contribution in [2.75, 3.05) is 16.6 Å². The lowest BCUT2D eigenvalue weighted by Crippen LogP contribution is -2.21. The molecular formula is C23H20ClF3N2O6S. The van der Waals surface area contributed by atoms with Crippen molar-refractivity contribution in [2.24, 2.45) is 0 Å². The van der Waals surface area contributed by atoms with Gasteiger partial charge >= 0.3 is 6.36 Å². The first kappa shape index (κ1) is 27.1. The fourth-order valence-electron chi connectivity index (χ4n) is 3.08. The number of alkyl halides is 3. The van der Waals surface area contributed by atoms with Crippen LogP contribution in [0.1, 0.15) is 18.6 Å². The second kappa shape index (κ2) is 11.1. The minimum atomic E-state index is -4.94. The van der Waals surface area contributed by atoms with E-state index in [-0.39, 0.29) is 34.2 Å². The summed E-state index contributed by atoms with van der Waals surface area (Å²) in [6.07, 6.45) is -6.49. The predicted octanol–water partition coefficient (Wildman–Crippen LogP) is 5.11.